The van der Waals surface area contributed by atoms with E-state index in [2.05, 4.69) is 109 Å². The Kier molecular flexibility index (Phi) is 6.52. The van der Waals surface area contributed by atoms with Crippen molar-refractivity contribution in [2.24, 2.45) is 0 Å². The molecule has 1 aliphatic rings. The molecule has 3 aromatic rings. The standard InChI is InChI=1S/C29H32Br2/c1-6-7-8-9-10-21-11-18(2)12-22(15-21)29(5)25-16-27(30)19(3)13-23(25)24-14-20(4)28(31)17-26(24)29/h11-17H,6-10H2,1-5H3. The van der Waals surface area contributed by atoms with Crippen molar-refractivity contribution >= 4 is 31.9 Å². The number of rotatable bonds is 6. The van der Waals surface area contributed by atoms with Crippen LogP contribution in [0.2, 0.25) is 0 Å². The highest BCUT2D eigenvalue weighted by Crippen LogP contribution is 2.54. The van der Waals surface area contributed by atoms with Gasteiger partial charge >= 0.3 is 0 Å². The SMILES string of the molecule is CCCCCCc1cc(C)cc(C2(C)c3cc(Br)c(C)cc3-c3cc(C)c(Br)cc32)c1. The Bertz CT molecular complexity index is 1080. The van der Waals surface area contributed by atoms with Crippen LogP contribution in [0.1, 0.15) is 78.5 Å². The molecule has 31 heavy (non-hydrogen) atoms. The summed E-state index contributed by atoms with van der Waals surface area (Å²) in [5, 5.41) is 0. The van der Waals surface area contributed by atoms with Gasteiger partial charge in [-0.3, -0.25) is 0 Å². The molecule has 0 aromatic heterocycles. The molecule has 0 heterocycles. The zero-order chi connectivity index (χ0) is 22.3. The molecule has 4 rings (SSSR count). The summed E-state index contributed by atoms with van der Waals surface area (Å²) in [5.74, 6) is 0. The molecule has 0 fully saturated rings. The van der Waals surface area contributed by atoms with Crippen molar-refractivity contribution in [2.75, 3.05) is 0 Å². The maximum atomic E-state index is 3.82. The largest absolute Gasteiger partial charge is 0.0654 e. The van der Waals surface area contributed by atoms with Crippen LogP contribution in [0, 0.1) is 20.8 Å². The Hall–Kier alpha value is -1.38. The fraction of sp³-hybridized carbons (Fsp3) is 0.379. The molecule has 0 unspecified atom stereocenters. The topological polar surface area (TPSA) is 0 Å². The fourth-order valence-corrected chi connectivity index (χ4v) is 5.83. The van der Waals surface area contributed by atoms with Crippen molar-refractivity contribution in [3.63, 3.8) is 0 Å². The van der Waals surface area contributed by atoms with Gasteiger partial charge in [-0.05, 0) is 109 Å². The number of hydrogen-bond acceptors (Lipinski definition) is 0. The van der Waals surface area contributed by atoms with Gasteiger partial charge in [0.1, 0.15) is 0 Å². The Morgan fingerprint density at radius 3 is 1.84 bits per heavy atom. The quantitative estimate of drug-likeness (QED) is 0.273. The predicted molar refractivity (Wildman–Crippen MR) is 141 cm³/mol. The third-order valence-electron chi connectivity index (χ3n) is 7.00. The van der Waals surface area contributed by atoms with E-state index < -0.39 is 0 Å². The van der Waals surface area contributed by atoms with Gasteiger partial charge in [0.05, 0.1) is 0 Å². The molecule has 0 atom stereocenters. The maximum Gasteiger partial charge on any atom is 0.0436 e. The van der Waals surface area contributed by atoms with Gasteiger partial charge in [0.15, 0.2) is 0 Å². The minimum atomic E-state index is -0.165. The van der Waals surface area contributed by atoms with Crippen LogP contribution >= 0.6 is 31.9 Å². The molecule has 1 aliphatic carbocycles. The summed E-state index contributed by atoms with van der Waals surface area (Å²) in [6.07, 6.45) is 6.38. The number of aryl methyl sites for hydroxylation is 4. The highest BCUT2D eigenvalue weighted by atomic mass is 79.9. The third-order valence-corrected chi connectivity index (χ3v) is 8.71. The van der Waals surface area contributed by atoms with Gasteiger partial charge in [0, 0.05) is 14.4 Å². The first kappa shape index (κ1) is 22.8. The molecule has 2 heteroatoms. The van der Waals surface area contributed by atoms with Crippen LogP contribution in [-0.2, 0) is 11.8 Å². The number of hydrogen-bond donors (Lipinski definition) is 0. The van der Waals surface area contributed by atoms with E-state index in [1.165, 1.54) is 91.1 Å². The second-order valence-corrected chi connectivity index (χ2v) is 11.1. The van der Waals surface area contributed by atoms with Crippen molar-refractivity contribution in [2.45, 2.75) is 72.1 Å². The second-order valence-electron chi connectivity index (χ2n) is 9.44. The van der Waals surface area contributed by atoms with Gasteiger partial charge in [0.25, 0.3) is 0 Å². The van der Waals surface area contributed by atoms with E-state index in [4.69, 9.17) is 0 Å². The zero-order valence-electron chi connectivity index (χ0n) is 19.3. The Labute approximate surface area is 204 Å². The summed E-state index contributed by atoms with van der Waals surface area (Å²) >= 11 is 7.63. The van der Waals surface area contributed by atoms with Crippen molar-refractivity contribution < 1.29 is 0 Å². The van der Waals surface area contributed by atoms with E-state index in [1.54, 1.807) is 0 Å². The van der Waals surface area contributed by atoms with E-state index in [0.717, 1.165) is 0 Å². The summed E-state index contributed by atoms with van der Waals surface area (Å²) in [5.41, 5.74) is 12.2. The van der Waals surface area contributed by atoms with E-state index in [-0.39, 0.29) is 5.41 Å². The predicted octanol–water partition coefficient (Wildman–Crippen LogP) is 9.59. The Morgan fingerprint density at radius 1 is 0.710 bits per heavy atom. The Balaban J connectivity index is 1.90. The minimum Gasteiger partial charge on any atom is -0.0654 e. The van der Waals surface area contributed by atoms with E-state index >= 15 is 0 Å². The smallest absolute Gasteiger partial charge is 0.0436 e. The van der Waals surface area contributed by atoms with Crippen LogP contribution in [0.25, 0.3) is 11.1 Å². The molecule has 162 valence electrons. The molecule has 0 amide bonds. The first-order valence-corrected chi connectivity index (χ1v) is 13.1. The van der Waals surface area contributed by atoms with E-state index in [1.807, 2.05) is 0 Å². The first-order valence-electron chi connectivity index (χ1n) is 11.5. The fourth-order valence-electron chi connectivity index (χ4n) is 5.14. The third kappa shape index (κ3) is 4.07. The monoisotopic (exact) mass is 538 g/mol. The summed E-state index contributed by atoms with van der Waals surface area (Å²) in [6.45, 7) is 11.3. The molecular weight excluding hydrogens is 508 g/mol. The molecule has 0 saturated carbocycles. The maximum absolute atomic E-state index is 3.82. The van der Waals surface area contributed by atoms with Gasteiger partial charge in [-0.15, -0.1) is 0 Å². The zero-order valence-corrected chi connectivity index (χ0v) is 22.5. The van der Waals surface area contributed by atoms with Crippen LogP contribution < -0.4 is 0 Å². The Morgan fingerprint density at radius 2 is 1.29 bits per heavy atom. The van der Waals surface area contributed by atoms with Crippen molar-refractivity contribution in [3.05, 3.63) is 90.4 Å². The molecule has 0 radical (unpaired) electrons. The normalized spacial score (nSPS) is 13.9. The lowest BCUT2D eigenvalue weighted by atomic mass is 9.73. The number of unbranched alkanes of at least 4 members (excludes halogenated alkanes) is 3. The van der Waals surface area contributed by atoms with E-state index in [9.17, 15) is 0 Å². The molecule has 0 nitrogen and oxygen atoms in total. The second kappa shape index (κ2) is 8.87. The summed E-state index contributed by atoms with van der Waals surface area (Å²) < 4.78 is 2.38. The summed E-state index contributed by atoms with van der Waals surface area (Å²) in [6, 6.07) is 16.7. The van der Waals surface area contributed by atoms with Gasteiger partial charge in [-0.1, -0.05) is 81.8 Å². The molecule has 0 N–H and O–H groups in total. The number of fused-ring (bicyclic) bond motifs is 3. The summed E-state index contributed by atoms with van der Waals surface area (Å²) in [7, 11) is 0. The van der Waals surface area contributed by atoms with Crippen LogP contribution in [0.15, 0.2) is 51.4 Å². The lowest BCUT2D eigenvalue weighted by molar-refractivity contribution is 0.663. The van der Waals surface area contributed by atoms with Gasteiger partial charge in [-0.25, -0.2) is 0 Å². The van der Waals surface area contributed by atoms with Gasteiger partial charge in [-0.2, -0.15) is 0 Å². The lowest BCUT2D eigenvalue weighted by Crippen LogP contribution is -2.23. The average molecular weight is 540 g/mol. The lowest BCUT2D eigenvalue weighted by Gasteiger charge is -2.30. The van der Waals surface area contributed by atoms with Crippen molar-refractivity contribution in [1.29, 1.82) is 0 Å². The molecule has 0 saturated heterocycles. The van der Waals surface area contributed by atoms with Crippen LogP contribution in [0.3, 0.4) is 0 Å². The van der Waals surface area contributed by atoms with Crippen LogP contribution in [-0.4, -0.2) is 0 Å². The number of halogens is 2. The minimum absolute atomic E-state index is 0.165. The highest BCUT2D eigenvalue weighted by Gasteiger charge is 2.41. The molecule has 0 spiro atoms. The van der Waals surface area contributed by atoms with Crippen LogP contribution in [0.4, 0.5) is 0 Å². The molecule has 3 aromatic carbocycles. The van der Waals surface area contributed by atoms with Crippen molar-refractivity contribution in [3.8, 4) is 11.1 Å². The van der Waals surface area contributed by atoms with Crippen LogP contribution in [0.5, 0.6) is 0 Å². The highest BCUT2D eigenvalue weighted by molar-refractivity contribution is 9.10. The van der Waals surface area contributed by atoms with Gasteiger partial charge in [0.2, 0.25) is 0 Å². The van der Waals surface area contributed by atoms with Crippen molar-refractivity contribution in [1.82, 2.24) is 0 Å². The molecule has 0 bridgehead atoms. The first-order chi connectivity index (χ1) is 14.8. The van der Waals surface area contributed by atoms with E-state index in [0.29, 0.717) is 0 Å². The number of benzene rings is 3. The molecular formula is C29H32Br2. The van der Waals surface area contributed by atoms with Gasteiger partial charge < -0.3 is 0 Å². The molecule has 0 aliphatic heterocycles. The average Bonchev–Trinajstić information content (AvgIpc) is 2.95. The summed E-state index contributed by atoms with van der Waals surface area (Å²) in [4.78, 5) is 0.